The lowest BCUT2D eigenvalue weighted by Crippen LogP contribution is -2.57. The minimum absolute atomic E-state index is 0.00351. The molecule has 1 saturated heterocycles. The summed E-state index contributed by atoms with van der Waals surface area (Å²) in [6, 6.07) is 12.0. The Kier molecular flexibility index (Phi) is 12.7. The number of hydrogen-bond acceptors (Lipinski definition) is 10. The molecule has 0 unspecified atom stereocenters. The van der Waals surface area contributed by atoms with Crippen LogP contribution >= 0.6 is 0 Å². The summed E-state index contributed by atoms with van der Waals surface area (Å²) in [7, 11) is -0.804. The number of amides is 3. The largest absolute Gasteiger partial charge is 0.497 e. The Morgan fingerprint density at radius 2 is 1.71 bits per heavy atom. The third-order valence-corrected chi connectivity index (χ3v) is 13.4. The quantitative estimate of drug-likeness (QED) is 0.104. The molecule has 1 aliphatic heterocycles. The SMILES string of the molecule is CCCC/C=C\[C@@H]1C[C@]1(NC(=O)[C@@H]1C[C@@H](Oc2nc(-c3ccc(OC(C)C)cc3)c(OC)c3cc(OC)ccc23)CN1C(=O)CC(C)C)C(=O)NS(=O)(=O)C1(C)CC1. The van der Waals surface area contributed by atoms with Gasteiger partial charge in [0, 0.05) is 35.1 Å². The van der Waals surface area contributed by atoms with Crippen molar-refractivity contribution in [3.8, 4) is 34.4 Å². The van der Waals surface area contributed by atoms with Gasteiger partial charge in [0.25, 0.3) is 5.91 Å². The average Bonchev–Trinajstić information content (AvgIpc) is 4.06. The highest BCUT2D eigenvalue weighted by Gasteiger charge is 2.63. The number of benzene rings is 2. The first kappa shape index (κ1) is 42.7. The van der Waals surface area contributed by atoms with E-state index in [9.17, 15) is 22.8 Å². The molecule has 6 rings (SSSR count). The first-order valence-corrected chi connectivity index (χ1v) is 21.9. The van der Waals surface area contributed by atoms with E-state index in [0.717, 1.165) is 24.8 Å². The number of hydrogen-bond donors (Lipinski definition) is 2. The van der Waals surface area contributed by atoms with Gasteiger partial charge in [0.2, 0.25) is 27.7 Å². The van der Waals surface area contributed by atoms with E-state index in [0.29, 0.717) is 46.6 Å². The Hall–Kier alpha value is -4.85. The van der Waals surface area contributed by atoms with Crippen LogP contribution in [0.4, 0.5) is 0 Å². The lowest BCUT2D eigenvalue weighted by Gasteiger charge is -2.27. The predicted octanol–water partition coefficient (Wildman–Crippen LogP) is 6.72. The van der Waals surface area contributed by atoms with Crippen LogP contribution in [-0.4, -0.2) is 85.3 Å². The monoisotopic (exact) mass is 818 g/mol. The van der Waals surface area contributed by atoms with Gasteiger partial charge in [0.15, 0.2) is 5.75 Å². The van der Waals surface area contributed by atoms with E-state index in [-0.39, 0.29) is 49.6 Å². The van der Waals surface area contributed by atoms with Gasteiger partial charge in [0.05, 0.1) is 31.6 Å². The molecule has 0 spiro atoms. The minimum Gasteiger partial charge on any atom is -0.497 e. The third kappa shape index (κ3) is 9.06. The molecule has 2 saturated carbocycles. The van der Waals surface area contributed by atoms with Crippen molar-refractivity contribution in [1.82, 2.24) is 19.9 Å². The fraction of sp³-hybridized carbons (Fsp3) is 0.545. The summed E-state index contributed by atoms with van der Waals surface area (Å²) in [5.74, 6) is 0.204. The van der Waals surface area contributed by atoms with Gasteiger partial charge in [-0.25, -0.2) is 13.4 Å². The summed E-state index contributed by atoms with van der Waals surface area (Å²) in [5, 5.41) is 4.29. The summed E-state index contributed by atoms with van der Waals surface area (Å²) < 4.78 is 51.7. The normalized spacial score (nSPS) is 22.3. The lowest BCUT2D eigenvalue weighted by atomic mass is 10.0. The van der Waals surface area contributed by atoms with Crippen LogP contribution in [0.1, 0.15) is 92.9 Å². The second kappa shape index (κ2) is 17.2. The van der Waals surface area contributed by atoms with Crippen molar-refractivity contribution in [3.63, 3.8) is 0 Å². The topological polar surface area (TPSA) is 162 Å². The van der Waals surface area contributed by atoms with Gasteiger partial charge in [-0.2, -0.15) is 0 Å². The molecule has 314 valence electrons. The fourth-order valence-corrected chi connectivity index (χ4v) is 8.81. The van der Waals surface area contributed by atoms with Crippen LogP contribution in [0.25, 0.3) is 22.0 Å². The van der Waals surface area contributed by atoms with Gasteiger partial charge in [-0.15, -0.1) is 0 Å². The standard InChI is InChI=1S/C44H58N4O9S/c1-9-10-11-12-13-30-25-44(30,42(51)47-58(52,53)43(6)20-21-43)46-40(50)36-24-33(26-48(36)37(49)22-27(2)3)57-41-34-19-18-32(54-7)23-35(34)39(55-8)38(45-41)29-14-16-31(17-15-29)56-28(4)5/h12-19,23,27-28,30,33,36H,9-11,20-22,24-26H2,1-8H3,(H,46,50)(H,47,51)/b13-12-/t30-,33-,36+,44-/m1/s1. The molecule has 0 radical (unpaired) electrons. The number of aromatic nitrogens is 1. The third-order valence-electron chi connectivity index (χ3n) is 11.3. The van der Waals surface area contributed by atoms with Crippen LogP contribution in [0.5, 0.6) is 23.1 Å². The molecule has 1 aromatic heterocycles. The number of fused-ring (bicyclic) bond motifs is 1. The smallest absolute Gasteiger partial charge is 0.259 e. The van der Waals surface area contributed by atoms with E-state index in [1.165, 1.54) is 4.90 Å². The Morgan fingerprint density at radius 3 is 2.33 bits per heavy atom. The number of nitrogens with one attached hydrogen (secondary N) is 2. The molecule has 3 fully saturated rings. The van der Waals surface area contributed by atoms with Gasteiger partial charge in [-0.3, -0.25) is 19.1 Å². The highest BCUT2D eigenvalue weighted by molar-refractivity contribution is 7.91. The lowest BCUT2D eigenvalue weighted by molar-refractivity contribution is -0.140. The van der Waals surface area contributed by atoms with Gasteiger partial charge in [0.1, 0.15) is 34.9 Å². The van der Waals surface area contributed by atoms with Crippen molar-refractivity contribution in [1.29, 1.82) is 0 Å². The Bertz CT molecular complexity index is 2150. The molecular formula is C44H58N4O9S. The highest BCUT2D eigenvalue weighted by atomic mass is 32.2. The van der Waals surface area contributed by atoms with E-state index in [2.05, 4.69) is 17.0 Å². The number of unbranched alkanes of at least 4 members (excludes halogenated alkanes) is 2. The number of pyridine rings is 1. The van der Waals surface area contributed by atoms with Crippen LogP contribution in [-0.2, 0) is 24.4 Å². The molecule has 3 aromatic rings. The first-order valence-electron chi connectivity index (χ1n) is 20.4. The first-order chi connectivity index (χ1) is 27.5. The number of allylic oxidation sites excluding steroid dienone is 1. The molecule has 2 heterocycles. The van der Waals surface area contributed by atoms with Crippen molar-refractivity contribution in [2.75, 3.05) is 20.8 Å². The van der Waals surface area contributed by atoms with E-state index >= 15 is 0 Å². The molecule has 3 aliphatic rings. The zero-order valence-corrected chi connectivity index (χ0v) is 35.7. The van der Waals surface area contributed by atoms with Gasteiger partial charge >= 0.3 is 0 Å². The summed E-state index contributed by atoms with van der Waals surface area (Å²) in [5.41, 5.74) is -0.200. The highest BCUT2D eigenvalue weighted by Crippen LogP contribution is 2.48. The van der Waals surface area contributed by atoms with E-state index in [1.807, 2.05) is 76.2 Å². The molecule has 14 heteroatoms. The van der Waals surface area contributed by atoms with Crippen LogP contribution in [0, 0.1) is 11.8 Å². The predicted molar refractivity (Wildman–Crippen MR) is 222 cm³/mol. The van der Waals surface area contributed by atoms with Crippen molar-refractivity contribution >= 4 is 38.5 Å². The summed E-state index contributed by atoms with van der Waals surface area (Å²) >= 11 is 0. The molecule has 4 atom stereocenters. The number of likely N-dealkylation sites (tertiary alicyclic amines) is 1. The number of methoxy groups -OCH3 is 2. The average molecular weight is 819 g/mol. The Morgan fingerprint density at radius 1 is 1.00 bits per heavy atom. The van der Waals surface area contributed by atoms with E-state index in [1.54, 1.807) is 27.2 Å². The number of nitrogens with zero attached hydrogens (tertiary/aromatic N) is 2. The van der Waals surface area contributed by atoms with Crippen LogP contribution in [0.2, 0.25) is 0 Å². The van der Waals surface area contributed by atoms with Gasteiger partial charge < -0.3 is 29.2 Å². The number of rotatable bonds is 18. The molecule has 0 bridgehead atoms. The zero-order chi connectivity index (χ0) is 42.0. The zero-order valence-electron chi connectivity index (χ0n) is 34.9. The Labute approximate surface area is 342 Å². The van der Waals surface area contributed by atoms with Crippen LogP contribution in [0.15, 0.2) is 54.6 Å². The van der Waals surface area contributed by atoms with Crippen molar-refractivity contribution in [2.45, 2.75) is 121 Å². The molecule has 3 amide bonds. The molecule has 2 aliphatic carbocycles. The van der Waals surface area contributed by atoms with E-state index in [4.69, 9.17) is 23.9 Å². The maximum atomic E-state index is 14.4. The van der Waals surface area contributed by atoms with Gasteiger partial charge in [-0.1, -0.05) is 45.8 Å². The number of carbonyl (C=O) groups excluding carboxylic acids is 3. The number of carbonyl (C=O) groups is 3. The minimum atomic E-state index is -3.97. The maximum Gasteiger partial charge on any atom is 0.259 e. The molecular weight excluding hydrogens is 761 g/mol. The fourth-order valence-electron chi connectivity index (χ4n) is 7.50. The van der Waals surface area contributed by atoms with Crippen molar-refractivity contribution in [3.05, 3.63) is 54.6 Å². The van der Waals surface area contributed by atoms with E-state index < -0.39 is 50.2 Å². The molecule has 13 nitrogen and oxygen atoms in total. The summed E-state index contributed by atoms with van der Waals surface area (Å²) in [4.78, 5) is 48.7. The van der Waals surface area contributed by atoms with Crippen LogP contribution in [0.3, 0.4) is 0 Å². The molecule has 2 N–H and O–H groups in total. The second-order valence-electron chi connectivity index (χ2n) is 16.8. The van der Waals surface area contributed by atoms with Crippen molar-refractivity contribution in [2.24, 2.45) is 11.8 Å². The molecule has 2 aromatic carbocycles. The van der Waals surface area contributed by atoms with Gasteiger partial charge in [-0.05, 0) is 94.8 Å². The maximum absolute atomic E-state index is 14.4. The second-order valence-corrected chi connectivity index (χ2v) is 19.0. The summed E-state index contributed by atoms with van der Waals surface area (Å²) in [6.45, 7) is 11.6. The summed E-state index contributed by atoms with van der Waals surface area (Å²) in [6.07, 6.45) is 7.45. The Balaban J connectivity index is 1.32. The number of sulfonamides is 1. The number of ether oxygens (including phenoxy) is 4. The van der Waals surface area contributed by atoms with Crippen LogP contribution < -0.4 is 29.0 Å². The van der Waals surface area contributed by atoms with Crippen molar-refractivity contribution < 1.29 is 41.7 Å². The molecule has 58 heavy (non-hydrogen) atoms.